The highest BCUT2D eigenvalue weighted by atomic mass is 16.5. The molecule has 86 valence electrons. The number of carbonyl (C=O) groups excluding carboxylic acids is 1. The second-order valence-electron chi connectivity index (χ2n) is 3.88. The van der Waals surface area contributed by atoms with E-state index < -0.39 is 0 Å². The van der Waals surface area contributed by atoms with Crippen LogP contribution in [0.15, 0.2) is 18.3 Å². The van der Waals surface area contributed by atoms with Crippen LogP contribution in [0.2, 0.25) is 0 Å². The van der Waals surface area contributed by atoms with Gasteiger partial charge < -0.3 is 9.84 Å². The summed E-state index contributed by atoms with van der Waals surface area (Å²) in [4.78, 5) is 17.4. The number of esters is 1. The summed E-state index contributed by atoms with van der Waals surface area (Å²) in [5, 5.41) is 9.12. The largest absolute Gasteiger partial charge is 0.465 e. The number of aliphatic hydroxyl groups excluding tert-OH is 1. The lowest BCUT2D eigenvalue weighted by atomic mass is 10.1. The molecule has 1 aliphatic rings. The second kappa shape index (κ2) is 4.59. The molecule has 5 heteroatoms. The first-order valence-corrected chi connectivity index (χ1v) is 5.12. The Balaban J connectivity index is 1.94. The molecule has 1 fully saturated rings. The number of hydrogen-bond donors (Lipinski definition) is 1. The van der Waals surface area contributed by atoms with Gasteiger partial charge in [-0.25, -0.2) is 4.79 Å². The van der Waals surface area contributed by atoms with Crippen molar-refractivity contribution in [2.45, 2.75) is 12.6 Å². The number of pyridine rings is 1. The van der Waals surface area contributed by atoms with Gasteiger partial charge in [0.15, 0.2) is 0 Å². The normalized spacial score (nSPS) is 16.9. The van der Waals surface area contributed by atoms with Gasteiger partial charge in [-0.3, -0.25) is 9.88 Å². The molecule has 1 aromatic rings. The van der Waals surface area contributed by atoms with Gasteiger partial charge in [0, 0.05) is 25.8 Å². The molecule has 0 bridgehead atoms. The molecule has 0 radical (unpaired) electrons. The Morgan fingerprint density at radius 3 is 2.88 bits per heavy atom. The first-order chi connectivity index (χ1) is 7.69. The number of hydrogen-bond acceptors (Lipinski definition) is 5. The van der Waals surface area contributed by atoms with Crippen LogP contribution in [-0.4, -0.2) is 47.3 Å². The summed E-state index contributed by atoms with van der Waals surface area (Å²) in [6.45, 7) is 2.10. The minimum atomic E-state index is -0.376. The van der Waals surface area contributed by atoms with Crippen molar-refractivity contribution in [3.63, 3.8) is 0 Å². The van der Waals surface area contributed by atoms with E-state index in [2.05, 4.69) is 14.6 Å². The third-order valence-electron chi connectivity index (χ3n) is 2.57. The van der Waals surface area contributed by atoms with Gasteiger partial charge in [-0.1, -0.05) is 0 Å². The standard InChI is InChI=1S/C11H14N2O3/c1-16-11(15)8-2-3-9(12-4-8)5-13-6-10(14)7-13/h2-4,10,14H,5-7H2,1H3. The molecule has 2 heterocycles. The molecular formula is C11H14N2O3. The molecule has 0 atom stereocenters. The average molecular weight is 222 g/mol. The van der Waals surface area contributed by atoms with Gasteiger partial charge in [-0.2, -0.15) is 0 Å². The SMILES string of the molecule is COC(=O)c1ccc(CN2CC(O)C2)nc1. The van der Waals surface area contributed by atoms with Crippen LogP contribution in [0.3, 0.4) is 0 Å². The van der Waals surface area contributed by atoms with Crippen LogP contribution in [0.4, 0.5) is 0 Å². The van der Waals surface area contributed by atoms with Crippen molar-refractivity contribution >= 4 is 5.97 Å². The van der Waals surface area contributed by atoms with Gasteiger partial charge in [0.25, 0.3) is 0 Å². The Labute approximate surface area is 93.7 Å². The highest BCUT2D eigenvalue weighted by Crippen LogP contribution is 2.12. The van der Waals surface area contributed by atoms with E-state index in [4.69, 9.17) is 5.11 Å². The molecule has 1 aliphatic heterocycles. The number of methoxy groups -OCH3 is 1. The molecular weight excluding hydrogens is 208 g/mol. The van der Waals surface area contributed by atoms with Crippen molar-refractivity contribution in [1.82, 2.24) is 9.88 Å². The molecule has 2 rings (SSSR count). The zero-order valence-corrected chi connectivity index (χ0v) is 9.09. The van der Waals surface area contributed by atoms with Crippen LogP contribution in [0.1, 0.15) is 16.1 Å². The van der Waals surface area contributed by atoms with Gasteiger partial charge >= 0.3 is 5.97 Å². The van der Waals surface area contributed by atoms with Crippen molar-refractivity contribution in [2.75, 3.05) is 20.2 Å². The average Bonchev–Trinajstić information content (AvgIpc) is 2.27. The van der Waals surface area contributed by atoms with E-state index in [0.717, 1.165) is 5.69 Å². The van der Waals surface area contributed by atoms with E-state index in [1.807, 2.05) is 0 Å². The summed E-state index contributed by atoms with van der Waals surface area (Å²) in [7, 11) is 1.34. The van der Waals surface area contributed by atoms with Crippen molar-refractivity contribution < 1.29 is 14.6 Å². The summed E-state index contributed by atoms with van der Waals surface area (Å²) in [6.07, 6.45) is 1.31. The van der Waals surface area contributed by atoms with Crippen molar-refractivity contribution in [3.8, 4) is 0 Å². The van der Waals surface area contributed by atoms with E-state index >= 15 is 0 Å². The van der Waals surface area contributed by atoms with Crippen molar-refractivity contribution in [1.29, 1.82) is 0 Å². The molecule has 1 saturated heterocycles. The smallest absolute Gasteiger partial charge is 0.339 e. The van der Waals surface area contributed by atoms with Crippen molar-refractivity contribution in [3.05, 3.63) is 29.6 Å². The Bertz CT molecular complexity index is 371. The summed E-state index contributed by atoms with van der Waals surface area (Å²) >= 11 is 0. The van der Waals surface area contributed by atoms with Crippen LogP contribution >= 0.6 is 0 Å². The summed E-state index contributed by atoms with van der Waals surface area (Å²) in [5.74, 6) is -0.376. The number of nitrogens with zero attached hydrogens (tertiary/aromatic N) is 2. The fraction of sp³-hybridized carbons (Fsp3) is 0.455. The lowest BCUT2D eigenvalue weighted by molar-refractivity contribution is -0.00354. The van der Waals surface area contributed by atoms with Gasteiger partial charge in [0.1, 0.15) is 0 Å². The maximum absolute atomic E-state index is 11.2. The zero-order chi connectivity index (χ0) is 11.5. The Hall–Kier alpha value is -1.46. The lowest BCUT2D eigenvalue weighted by Crippen LogP contribution is -2.49. The summed E-state index contributed by atoms with van der Waals surface area (Å²) in [5.41, 5.74) is 1.34. The van der Waals surface area contributed by atoms with Crippen molar-refractivity contribution in [2.24, 2.45) is 0 Å². The highest BCUT2D eigenvalue weighted by Gasteiger charge is 2.24. The molecule has 1 N–H and O–H groups in total. The maximum atomic E-state index is 11.2. The van der Waals surface area contributed by atoms with E-state index in [1.165, 1.54) is 13.3 Å². The molecule has 16 heavy (non-hydrogen) atoms. The number of aromatic nitrogens is 1. The number of ether oxygens (including phenoxy) is 1. The molecule has 0 unspecified atom stereocenters. The molecule has 5 nitrogen and oxygen atoms in total. The first-order valence-electron chi connectivity index (χ1n) is 5.12. The second-order valence-corrected chi connectivity index (χ2v) is 3.88. The molecule has 0 spiro atoms. The summed E-state index contributed by atoms with van der Waals surface area (Å²) < 4.78 is 4.58. The van der Waals surface area contributed by atoms with Crippen LogP contribution in [0.25, 0.3) is 0 Å². The molecule has 0 amide bonds. The Morgan fingerprint density at radius 2 is 2.38 bits per heavy atom. The zero-order valence-electron chi connectivity index (χ0n) is 9.09. The maximum Gasteiger partial charge on any atom is 0.339 e. The third kappa shape index (κ3) is 2.37. The predicted octanol–water partition coefficient (Wildman–Crippen LogP) is 0.0447. The van der Waals surface area contributed by atoms with Gasteiger partial charge in [0.2, 0.25) is 0 Å². The van der Waals surface area contributed by atoms with Crippen LogP contribution < -0.4 is 0 Å². The number of aliphatic hydroxyl groups is 1. The van der Waals surface area contributed by atoms with Crippen LogP contribution in [0.5, 0.6) is 0 Å². The van der Waals surface area contributed by atoms with Crippen LogP contribution in [0, 0.1) is 0 Å². The third-order valence-corrected chi connectivity index (χ3v) is 2.57. The number of likely N-dealkylation sites (tertiary alicyclic amines) is 1. The molecule has 0 aliphatic carbocycles. The van der Waals surface area contributed by atoms with Gasteiger partial charge in [-0.05, 0) is 12.1 Å². The van der Waals surface area contributed by atoms with Gasteiger partial charge in [-0.15, -0.1) is 0 Å². The first kappa shape index (κ1) is 11.0. The fourth-order valence-corrected chi connectivity index (χ4v) is 1.66. The fourth-order valence-electron chi connectivity index (χ4n) is 1.66. The predicted molar refractivity (Wildman–Crippen MR) is 56.9 cm³/mol. The number of carbonyl (C=O) groups is 1. The monoisotopic (exact) mass is 222 g/mol. The topological polar surface area (TPSA) is 62.7 Å². The summed E-state index contributed by atoms with van der Waals surface area (Å²) in [6, 6.07) is 3.50. The van der Waals surface area contributed by atoms with E-state index in [1.54, 1.807) is 12.1 Å². The molecule has 0 aromatic carbocycles. The Kier molecular flexibility index (Phi) is 3.17. The highest BCUT2D eigenvalue weighted by molar-refractivity contribution is 5.88. The van der Waals surface area contributed by atoms with E-state index in [0.29, 0.717) is 25.2 Å². The minimum Gasteiger partial charge on any atom is -0.465 e. The van der Waals surface area contributed by atoms with Crippen LogP contribution in [-0.2, 0) is 11.3 Å². The Morgan fingerprint density at radius 1 is 1.62 bits per heavy atom. The number of rotatable bonds is 3. The minimum absolute atomic E-state index is 0.200. The lowest BCUT2D eigenvalue weighted by Gasteiger charge is -2.35. The number of β-amino-alcohol motifs (C(OH)–C–C–N with tert-alkyl or cyclic N) is 1. The van der Waals surface area contributed by atoms with E-state index in [-0.39, 0.29) is 12.1 Å². The van der Waals surface area contributed by atoms with Gasteiger partial charge in [0.05, 0.1) is 24.5 Å². The quantitative estimate of drug-likeness (QED) is 0.732. The molecule has 0 saturated carbocycles. The molecule has 1 aromatic heterocycles. The van der Waals surface area contributed by atoms with E-state index in [9.17, 15) is 4.79 Å².